The van der Waals surface area contributed by atoms with Crippen molar-refractivity contribution in [2.45, 2.75) is 6.92 Å². The Hall–Kier alpha value is -3.39. The Kier molecular flexibility index (Phi) is 3.41. The van der Waals surface area contributed by atoms with Gasteiger partial charge in [-0.2, -0.15) is 9.50 Å². The van der Waals surface area contributed by atoms with Gasteiger partial charge in [0.1, 0.15) is 4.53 Å². The minimum atomic E-state index is -0.320. The van der Waals surface area contributed by atoms with E-state index in [-0.39, 0.29) is 11.5 Å². The summed E-state index contributed by atoms with van der Waals surface area (Å²) in [4.78, 5) is 36.5. The summed E-state index contributed by atoms with van der Waals surface area (Å²) in [6.45, 7) is 2.46. The van der Waals surface area contributed by atoms with Crippen molar-refractivity contribution >= 4 is 33.5 Å². The fraction of sp³-hybridized carbons (Fsp3) is 0.105. The highest BCUT2D eigenvalue weighted by Crippen LogP contribution is 2.34. The van der Waals surface area contributed by atoms with E-state index in [1.165, 1.54) is 15.9 Å². The monoisotopic (exact) mass is 375 g/mol. The molecule has 5 rings (SSSR count). The van der Waals surface area contributed by atoms with Crippen molar-refractivity contribution in [1.29, 1.82) is 0 Å². The Morgan fingerprint density at radius 2 is 1.85 bits per heavy atom. The van der Waals surface area contributed by atoms with Gasteiger partial charge in [-0.15, -0.1) is 5.10 Å². The lowest BCUT2D eigenvalue weighted by Gasteiger charge is -2.13. The molecule has 1 amide bonds. The maximum absolute atomic E-state index is 13.0. The van der Waals surface area contributed by atoms with Crippen LogP contribution in [0.15, 0.2) is 53.6 Å². The number of carbonyl (C=O) groups is 1. The molecule has 0 saturated carbocycles. The minimum Gasteiger partial charge on any atom is -0.308 e. The molecule has 4 aromatic rings. The number of anilines is 1. The number of nitrogens with zero attached hydrogens (tertiary/aromatic N) is 5. The summed E-state index contributed by atoms with van der Waals surface area (Å²) < 4.78 is 1.65. The van der Waals surface area contributed by atoms with Crippen LogP contribution >= 0.6 is 11.3 Å². The molecule has 0 aliphatic carbocycles. The average molecular weight is 375 g/mol. The van der Waals surface area contributed by atoms with Crippen molar-refractivity contribution in [2.75, 3.05) is 11.4 Å². The standard InChI is InChI=1S/C19H13N5O2S/c1-2-23-13-6-4-3-5-12(13)14(17(23)25)15-18(26)24-19(27-15)21-16(22-24)11-7-9-20-10-8-11/h3-10H,2H2,1H3. The van der Waals surface area contributed by atoms with Gasteiger partial charge in [-0.05, 0) is 25.1 Å². The van der Waals surface area contributed by atoms with Crippen LogP contribution in [0.25, 0.3) is 21.9 Å². The number of likely N-dealkylation sites (N-methyl/N-ethyl adjacent to an activating group) is 1. The first-order chi connectivity index (χ1) is 13.2. The molecule has 8 heteroatoms. The van der Waals surface area contributed by atoms with E-state index in [4.69, 9.17) is 0 Å². The van der Waals surface area contributed by atoms with Gasteiger partial charge in [-0.25, -0.2) is 0 Å². The van der Waals surface area contributed by atoms with E-state index in [2.05, 4.69) is 15.1 Å². The van der Waals surface area contributed by atoms with Crippen LogP contribution < -0.4 is 15.0 Å². The first kappa shape index (κ1) is 15.8. The van der Waals surface area contributed by atoms with Crippen LogP contribution in [0.1, 0.15) is 12.5 Å². The van der Waals surface area contributed by atoms with Gasteiger partial charge in [0.15, 0.2) is 5.82 Å². The van der Waals surface area contributed by atoms with E-state index < -0.39 is 0 Å². The first-order valence-corrected chi connectivity index (χ1v) is 9.26. The number of rotatable bonds is 2. The minimum absolute atomic E-state index is 0.158. The van der Waals surface area contributed by atoms with Crippen LogP contribution in [0, 0.1) is 0 Å². The molecular weight excluding hydrogens is 362 g/mol. The van der Waals surface area contributed by atoms with Crippen molar-refractivity contribution < 1.29 is 4.79 Å². The van der Waals surface area contributed by atoms with Crippen LogP contribution in [0.5, 0.6) is 0 Å². The van der Waals surface area contributed by atoms with Crippen LogP contribution in [-0.4, -0.2) is 32.0 Å². The van der Waals surface area contributed by atoms with Gasteiger partial charge in [-0.1, -0.05) is 29.5 Å². The second kappa shape index (κ2) is 5.82. The van der Waals surface area contributed by atoms with Gasteiger partial charge in [0, 0.05) is 30.1 Å². The van der Waals surface area contributed by atoms with Crippen molar-refractivity contribution in [3.05, 3.63) is 69.2 Å². The molecule has 3 aromatic heterocycles. The third-order valence-corrected chi connectivity index (χ3v) is 5.59. The molecule has 1 aliphatic rings. The van der Waals surface area contributed by atoms with Gasteiger partial charge in [0.05, 0.1) is 11.3 Å². The lowest BCUT2D eigenvalue weighted by atomic mass is 10.1. The smallest absolute Gasteiger partial charge is 0.291 e. The van der Waals surface area contributed by atoms with Crippen LogP contribution in [0.4, 0.5) is 5.69 Å². The molecule has 1 aliphatic heterocycles. The van der Waals surface area contributed by atoms with Crippen molar-refractivity contribution in [3.8, 4) is 11.4 Å². The zero-order valence-electron chi connectivity index (χ0n) is 14.3. The highest BCUT2D eigenvalue weighted by Gasteiger charge is 2.33. The molecular formula is C19H13N5O2S. The van der Waals surface area contributed by atoms with E-state index in [1.54, 1.807) is 29.4 Å². The van der Waals surface area contributed by atoms with Crippen molar-refractivity contribution in [2.24, 2.45) is 0 Å². The highest BCUT2D eigenvalue weighted by atomic mass is 32.1. The molecule has 4 heterocycles. The second-order valence-corrected chi connectivity index (χ2v) is 7.02. The SMILES string of the molecule is CCN1C(=O)C(=c2sc3nc(-c4ccncc4)nn3c2=O)c2ccccc21. The molecule has 0 spiro atoms. The molecule has 1 aromatic carbocycles. The van der Waals surface area contributed by atoms with Gasteiger partial charge in [0.25, 0.3) is 11.5 Å². The highest BCUT2D eigenvalue weighted by molar-refractivity contribution is 7.15. The number of pyridine rings is 1. The summed E-state index contributed by atoms with van der Waals surface area (Å²) in [5.74, 6) is 0.306. The molecule has 132 valence electrons. The normalized spacial score (nSPS) is 15.6. The second-order valence-electron chi connectivity index (χ2n) is 6.04. The molecule has 0 radical (unpaired) electrons. The number of thiazole rings is 1. The first-order valence-electron chi connectivity index (χ1n) is 8.44. The number of benzene rings is 1. The number of para-hydroxylation sites is 1. The van der Waals surface area contributed by atoms with Gasteiger partial charge in [0.2, 0.25) is 4.96 Å². The van der Waals surface area contributed by atoms with E-state index >= 15 is 0 Å². The Morgan fingerprint density at radius 1 is 1.07 bits per heavy atom. The maximum atomic E-state index is 13.0. The quantitative estimate of drug-likeness (QED) is 0.530. The van der Waals surface area contributed by atoms with Gasteiger partial charge in [-0.3, -0.25) is 14.6 Å². The Balaban J connectivity index is 1.77. The van der Waals surface area contributed by atoms with E-state index in [1.807, 2.05) is 31.2 Å². The van der Waals surface area contributed by atoms with Gasteiger partial charge >= 0.3 is 0 Å². The summed E-state index contributed by atoms with van der Waals surface area (Å²) >= 11 is 1.19. The molecule has 27 heavy (non-hydrogen) atoms. The lowest BCUT2D eigenvalue weighted by molar-refractivity contribution is -0.113. The summed E-state index contributed by atoms with van der Waals surface area (Å²) in [7, 11) is 0. The molecule has 0 atom stereocenters. The Morgan fingerprint density at radius 3 is 2.59 bits per heavy atom. The fourth-order valence-corrected chi connectivity index (χ4v) is 4.32. The third-order valence-electron chi connectivity index (χ3n) is 4.56. The van der Waals surface area contributed by atoms with E-state index in [9.17, 15) is 9.59 Å². The zero-order chi connectivity index (χ0) is 18.5. The predicted octanol–water partition coefficient (Wildman–Crippen LogP) is 1.50. The molecule has 7 nitrogen and oxygen atoms in total. The van der Waals surface area contributed by atoms with Gasteiger partial charge < -0.3 is 4.90 Å². The number of fused-ring (bicyclic) bond motifs is 2. The summed E-state index contributed by atoms with van der Waals surface area (Å²) in [6.07, 6.45) is 3.30. The number of hydrogen-bond donors (Lipinski definition) is 0. The van der Waals surface area contributed by atoms with Crippen LogP contribution in [0.2, 0.25) is 0 Å². The van der Waals surface area contributed by atoms with Crippen LogP contribution in [0.3, 0.4) is 0 Å². The van der Waals surface area contributed by atoms with E-state index in [0.29, 0.717) is 27.4 Å². The lowest BCUT2D eigenvalue weighted by Crippen LogP contribution is -2.32. The molecule has 0 N–H and O–H groups in total. The largest absolute Gasteiger partial charge is 0.308 e. The molecule has 0 bridgehead atoms. The third kappa shape index (κ3) is 2.23. The fourth-order valence-electron chi connectivity index (χ4n) is 3.32. The summed E-state index contributed by atoms with van der Waals surface area (Å²) in [6, 6.07) is 11.1. The van der Waals surface area contributed by atoms with Crippen molar-refractivity contribution in [1.82, 2.24) is 19.6 Å². The Bertz CT molecular complexity index is 1310. The molecule has 0 saturated heterocycles. The zero-order valence-corrected chi connectivity index (χ0v) is 15.1. The molecule has 0 unspecified atom stereocenters. The predicted molar refractivity (Wildman–Crippen MR) is 103 cm³/mol. The summed E-state index contributed by atoms with van der Waals surface area (Å²) in [5.41, 5.74) is 2.50. The summed E-state index contributed by atoms with van der Waals surface area (Å²) in [5, 5.41) is 4.33. The number of hydrogen-bond acceptors (Lipinski definition) is 6. The maximum Gasteiger partial charge on any atom is 0.291 e. The number of aromatic nitrogens is 4. The van der Waals surface area contributed by atoms with Crippen LogP contribution in [-0.2, 0) is 4.79 Å². The number of carbonyl (C=O) groups excluding carboxylic acids is 1. The topological polar surface area (TPSA) is 80.5 Å². The number of amides is 1. The van der Waals surface area contributed by atoms with E-state index in [0.717, 1.165) is 16.8 Å². The average Bonchev–Trinajstić information content (AvgIpc) is 3.33. The molecule has 0 fully saturated rings. The van der Waals surface area contributed by atoms with Crippen molar-refractivity contribution in [3.63, 3.8) is 0 Å². The Labute approximate surface area is 157 Å².